The first-order valence-electron chi connectivity index (χ1n) is 7.29. The third-order valence-electron chi connectivity index (χ3n) is 4.34. The van der Waals surface area contributed by atoms with Crippen molar-refractivity contribution < 1.29 is 5.11 Å². The molecular weight excluding hydrogens is 250 g/mol. The van der Waals surface area contributed by atoms with Gasteiger partial charge in [0.25, 0.3) is 0 Å². The number of aromatic nitrogens is 3. The molecule has 1 N–H and O–H groups in total. The normalized spacial score (nSPS) is 20.9. The first kappa shape index (κ1) is 13.4. The summed E-state index contributed by atoms with van der Waals surface area (Å²) in [6.07, 6.45) is 7.23. The first-order chi connectivity index (χ1) is 9.46. The Kier molecular flexibility index (Phi) is 3.21. The zero-order chi connectivity index (χ0) is 14.3. The van der Waals surface area contributed by atoms with Gasteiger partial charge in [-0.15, -0.1) is 0 Å². The van der Waals surface area contributed by atoms with E-state index in [1.165, 1.54) is 11.4 Å². The lowest BCUT2D eigenvalue weighted by atomic mass is 9.75. The molecule has 4 heteroatoms. The molecule has 1 aliphatic carbocycles. The number of hydrogen-bond donors (Lipinski definition) is 1. The van der Waals surface area contributed by atoms with Crippen molar-refractivity contribution in [3.8, 4) is 0 Å². The molecule has 1 aliphatic rings. The standard InChI is InChI=1S/C16H23N3O/c1-12-8-13-14(9-16(2,3)10-15(13)20)19(12)7-6-18-5-4-17-11-18/h4-5,8,11,15,20H,6-7,9-10H2,1-3H3. The van der Waals surface area contributed by atoms with Crippen LogP contribution in [0.15, 0.2) is 24.8 Å². The highest BCUT2D eigenvalue weighted by atomic mass is 16.3. The second-order valence-corrected chi connectivity index (χ2v) is 6.70. The van der Waals surface area contributed by atoms with Crippen LogP contribution in [0.3, 0.4) is 0 Å². The van der Waals surface area contributed by atoms with E-state index in [0.29, 0.717) is 0 Å². The van der Waals surface area contributed by atoms with E-state index in [4.69, 9.17) is 0 Å². The molecule has 4 nitrogen and oxygen atoms in total. The Morgan fingerprint density at radius 2 is 2.20 bits per heavy atom. The molecule has 0 saturated carbocycles. The average Bonchev–Trinajstić information content (AvgIpc) is 2.94. The summed E-state index contributed by atoms with van der Waals surface area (Å²) in [4.78, 5) is 4.08. The van der Waals surface area contributed by atoms with Crippen molar-refractivity contribution >= 4 is 0 Å². The smallest absolute Gasteiger partial charge is 0.0946 e. The number of nitrogens with zero attached hydrogens (tertiary/aromatic N) is 3. The van der Waals surface area contributed by atoms with E-state index >= 15 is 0 Å². The van der Waals surface area contributed by atoms with E-state index in [1.54, 1.807) is 0 Å². The zero-order valence-corrected chi connectivity index (χ0v) is 12.5. The minimum atomic E-state index is -0.318. The van der Waals surface area contributed by atoms with Gasteiger partial charge < -0.3 is 14.2 Å². The summed E-state index contributed by atoms with van der Waals surface area (Å²) in [5.41, 5.74) is 3.86. The van der Waals surface area contributed by atoms with Crippen molar-refractivity contribution in [2.24, 2.45) is 5.41 Å². The molecule has 1 atom stereocenters. The molecule has 1 unspecified atom stereocenters. The highest BCUT2D eigenvalue weighted by Gasteiger charge is 2.33. The molecule has 0 aromatic carbocycles. The van der Waals surface area contributed by atoms with Gasteiger partial charge in [-0.3, -0.25) is 0 Å². The minimum absolute atomic E-state index is 0.171. The summed E-state index contributed by atoms with van der Waals surface area (Å²) < 4.78 is 4.45. The maximum atomic E-state index is 10.4. The molecular formula is C16H23N3O. The Morgan fingerprint density at radius 1 is 1.40 bits per heavy atom. The van der Waals surface area contributed by atoms with Crippen LogP contribution in [0.25, 0.3) is 0 Å². The Hall–Kier alpha value is -1.55. The van der Waals surface area contributed by atoms with Crippen LogP contribution in [0.1, 0.15) is 43.3 Å². The van der Waals surface area contributed by atoms with Gasteiger partial charge in [-0.05, 0) is 31.2 Å². The van der Waals surface area contributed by atoms with E-state index in [9.17, 15) is 5.11 Å². The lowest BCUT2D eigenvalue weighted by Crippen LogP contribution is -2.27. The van der Waals surface area contributed by atoms with Gasteiger partial charge in [0.2, 0.25) is 0 Å². The quantitative estimate of drug-likeness (QED) is 0.934. The number of hydrogen-bond acceptors (Lipinski definition) is 2. The molecule has 3 rings (SSSR count). The number of fused-ring (bicyclic) bond motifs is 1. The maximum Gasteiger partial charge on any atom is 0.0946 e. The lowest BCUT2D eigenvalue weighted by molar-refractivity contribution is 0.0979. The molecule has 0 spiro atoms. The molecule has 2 heterocycles. The van der Waals surface area contributed by atoms with Crippen LogP contribution in [0, 0.1) is 12.3 Å². The van der Waals surface area contributed by atoms with Crippen molar-refractivity contribution in [2.75, 3.05) is 0 Å². The summed E-state index contributed by atoms with van der Waals surface area (Å²) in [6, 6.07) is 2.16. The minimum Gasteiger partial charge on any atom is -0.388 e. The van der Waals surface area contributed by atoms with Gasteiger partial charge in [-0.25, -0.2) is 4.98 Å². The predicted molar refractivity (Wildman–Crippen MR) is 78.5 cm³/mol. The van der Waals surface area contributed by atoms with Gasteiger partial charge in [0.05, 0.1) is 12.4 Å². The number of imidazole rings is 1. The second-order valence-electron chi connectivity index (χ2n) is 6.70. The second kappa shape index (κ2) is 4.77. The van der Waals surface area contributed by atoms with Crippen LogP contribution in [0.5, 0.6) is 0 Å². The molecule has 0 radical (unpaired) electrons. The highest BCUT2D eigenvalue weighted by molar-refractivity contribution is 5.33. The lowest BCUT2D eigenvalue weighted by Gasteiger charge is -2.34. The molecule has 108 valence electrons. The van der Waals surface area contributed by atoms with E-state index in [0.717, 1.165) is 31.5 Å². The Morgan fingerprint density at radius 3 is 2.90 bits per heavy atom. The number of aliphatic hydroxyl groups is 1. The largest absolute Gasteiger partial charge is 0.388 e. The zero-order valence-electron chi connectivity index (χ0n) is 12.5. The average molecular weight is 273 g/mol. The Labute approximate surface area is 120 Å². The molecule has 0 bridgehead atoms. The van der Waals surface area contributed by atoms with Gasteiger partial charge in [0.1, 0.15) is 0 Å². The van der Waals surface area contributed by atoms with Crippen molar-refractivity contribution in [1.82, 2.24) is 14.1 Å². The van der Waals surface area contributed by atoms with Gasteiger partial charge in [-0.2, -0.15) is 0 Å². The summed E-state index contributed by atoms with van der Waals surface area (Å²) in [5.74, 6) is 0. The Balaban J connectivity index is 1.88. The van der Waals surface area contributed by atoms with Crippen LogP contribution in [-0.4, -0.2) is 19.2 Å². The van der Waals surface area contributed by atoms with Crippen LogP contribution in [-0.2, 0) is 19.5 Å². The molecule has 2 aromatic heterocycles. The molecule has 0 amide bonds. The maximum absolute atomic E-state index is 10.4. The van der Waals surface area contributed by atoms with Crippen molar-refractivity contribution in [1.29, 1.82) is 0 Å². The third-order valence-corrected chi connectivity index (χ3v) is 4.34. The fraction of sp³-hybridized carbons (Fsp3) is 0.562. The van der Waals surface area contributed by atoms with Gasteiger partial charge in [0.15, 0.2) is 0 Å². The topological polar surface area (TPSA) is 43.0 Å². The van der Waals surface area contributed by atoms with Gasteiger partial charge >= 0.3 is 0 Å². The molecule has 0 saturated heterocycles. The number of rotatable bonds is 3. The van der Waals surface area contributed by atoms with E-state index < -0.39 is 0 Å². The fourth-order valence-electron chi connectivity index (χ4n) is 3.35. The van der Waals surface area contributed by atoms with Crippen molar-refractivity contribution in [2.45, 2.75) is 52.8 Å². The van der Waals surface area contributed by atoms with Crippen LogP contribution < -0.4 is 0 Å². The third kappa shape index (κ3) is 2.40. The molecule has 0 aliphatic heterocycles. The number of aryl methyl sites for hydroxylation is 2. The van der Waals surface area contributed by atoms with Crippen molar-refractivity contribution in [3.05, 3.63) is 41.7 Å². The Bertz CT molecular complexity index is 596. The summed E-state index contributed by atoms with van der Waals surface area (Å²) >= 11 is 0. The monoisotopic (exact) mass is 273 g/mol. The van der Waals surface area contributed by atoms with Crippen LogP contribution >= 0.6 is 0 Å². The molecule has 2 aromatic rings. The van der Waals surface area contributed by atoms with Gasteiger partial charge in [-0.1, -0.05) is 13.8 Å². The SMILES string of the molecule is Cc1cc2c(n1CCn1ccnc1)CC(C)(C)CC2O. The molecule has 0 fully saturated rings. The first-order valence-corrected chi connectivity index (χ1v) is 7.29. The predicted octanol–water partition coefficient (Wildman–Crippen LogP) is 2.70. The highest BCUT2D eigenvalue weighted by Crippen LogP contribution is 2.41. The summed E-state index contributed by atoms with van der Waals surface area (Å²) in [7, 11) is 0. The van der Waals surface area contributed by atoms with E-state index in [1.807, 2.05) is 18.7 Å². The fourth-order valence-corrected chi connectivity index (χ4v) is 3.35. The van der Waals surface area contributed by atoms with E-state index in [-0.39, 0.29) is 11.5 Å². The van der Waals surface area contributed by atoms with Gasteiger partial charge in [0, 0.05) is 42.4 Å². The van der Waals surface area contributed by atoms with Crippen molar-refractivity contribution in [3.63, 3.8) is 0 Å². The van der Waals surface area contributed by atoms with E-state index in [2.05, 4.69) is 41.0 Å². The van der Waals surface area contributed by atoms with Crippen LogP contribution in [0.4, 0.5) is 0 Å². The van der Waals surface area contributed by atoms with Crippen LogP contribution in [0.2, 0.25) is 0 Å². The summed E-state index contributed by atoms with van der Waals surface area (Å²) in [6.45, 7) is 8.45. The summed E-state index contributed by atoms with van der Waals surface area (Å²) in [5, 5.41) is 10.4. The number of aliphatic hydroxyl groups excluding tert-OH is 1. The molecule has 20 heavy (non-hydrogen) atoms.